The van der Waals surface area contributed by atoms with Crippen LogP contribution in [0.4, 0.5) is 0 Å². The summed E-state index contributed by atoms with van der Waals surface area (Å²) in [5.41, 5.74) is 2.33. The third kappa shape index (κ3) is 2.99. The summed E-state index contributed by atoms with van der Waals surface area (Å²) in [5, 5.41) is 9.83. The Hall–Kier alpha value is -1.87. The predicted octanol–water partition coefficient (Wildman–Crippen LogP) is 1.81. The number of hydrogen-bond donors (Lipinski definition) is 0. The Balaban J connectivity index is 2.03. The van der Waals surface area contributed by atoms with Crippen molar-refractivity contribution in [1.82, 2.24) is 9.88 Å². The second-order valence-electron chi connectivity index (χ2n) is 4.66. The van der Waals surface area contributed by atoms with Crippen LogP contribution >= 0.6 is 11.8 Å². The number of carbonyl (C=O) groups excluding carboxylic acids is 2. The number of likely N-dealkylation sites (tertiary alicyclic amines) is 1. The predicted molar refractivity (Wildman–Crippen MR) is 75.1 cm³/mol. The lowest BCUT2D eigenvalue weighted by atomic mass is 10.1. The minimum atomic E-state index is -0.107. The monoisotopic (exact) mass is 289 g/mol. The van der Waals surface area contributed by atoms with Gasteiger partial charge in [-0.25, -0.2) is 4.98 Å². The summed E-state index contributed by atoms with van der Waals surface area (Å²) < 4.78 is 0. The topological polar surface area (TPSA) is 74.1 Å². The number of imide groups is 1. The summed E-state index contributed by atoms with van der Waals surface area (Å²) in [5.74, 6) is 0.344. The molecule has 1 saturated heterocycles. The quantitative estimate of drug-likeness (QED) is 0.624. The summed E-state index contributed by atoms with van der Waals surface area (Å²) in [4.78, 5) is 28.6. The number of aryl methyl sites for hydroxylation is 2. The molecule has 1 aromatic rings. The van der Waals surface area contributed by atoms with Crippen LogP contribution in [0.15, 0.2) is 11.1 Å². The summed E-state index contributed by atoms with van der Waals surface area (Å²) in [6.07, 6.45) is 0.628. The van der Waals surface area contributed by atoms with E-state index in [0.29, 0.717) is 35.7 Å². The molecule has 1 aliphatic rings. The van der Waals surface area contributed by atoms with Crippen LogP contribution in [0, 0.1) is 25.2 Å². The Bertz CT molecular complexity index is 591. The van der Waals surface area contributed by atoms with Gasteiger partial charge in [0.15, 0.2) is 0 Å². The number of rotatable bonds is 4. The van der Waals surface area contributed by atoms with E-state index in [1.165, 1.54) is 16.7 Å². The highest BCUT2D eigenvalue weighted by atomic mass is 32.2. The minimum Gasteiger partial charge on any atom is -0.282 e. The van der Waals surface area contributed by atoms with Gasteiger partial charge in [-0.1, -0.05) is 0 Å². The fourth-order valence-electron chi connectivity index (χ4n) is 2.15. The van der Waals surface area contributed by atoms with Gasteiger partial charge >= 0.3 is 0 Å². The normalized spacial score (nSPS) is 14.8. The molecule has 2 amide bonds. The van der Waals surface area contributed by atoms with Crippen molar-refractivity contribution in [2.75, 3.05) is 12.3 Å². The van der Waals surface area contributed by atoms with E-state index in [-0.39, 0.29) is 11.8 Å². The van der Waals surface area contributed by atoms with E-state index in [2.05, 4.69) is 11.1 Å². The number of nitriles is 1. The van der Waals surface area contributed by atoms with Crippen molar-refractivity contribution in [2.45, 2.75) is 31.7 Å². The number of thioether (sulfide) groups is 1. The zero-order valence-electron chi connectivity index (χ0n) is 11.5. The van der Waals surface area contributed by atoms with Crippen LogP contribution in [0.25, 0.3) is 0 Å². The zero-order chi connectivity index (χ0) is 14.7. The van der Waals surface area contributed by atoms with E-state index >= 15 is 0 Å². The van der Waals surface area contributed by atoms with E-state index < -0.39 is 0 Å². The summed E-state index contributed by atoms with van der Waals surface area (Å²) in [7, 11) is 0. The second kappa shape index (κ2) is 6.06. The van der Waals surface area contributed by atoms with Crippen molar-refractivity contribution in [3.05, 3.63) is 22.9 Å². The number of nitrogens with zero attached hydrogens (tertiary/aromatic N) is 3. The molecule has 0 aliphatic carbocycles. The van der Waals surface area contributed by atoms with Crippen molar-refractivity contribution in [3.8, 4) is 6.07 Å². The van der Waals surface area contributed by atoms with Gasteiger partial charge < -0.3 is 0 Å². The second-order valence-corrected chi connectivity index (χ2v) is 5.74. The van der Waals surface area contributed by atoms with Gasteiger partial charge in [-0.05, 0) is 25.5 Å². The molecule has 1 aliphatic heterocycles. The van der Waals surface area contributed by atoms with Crippen molar-refractivity contribution >= 4 is 23.6 Å². The standard InChI is InChI=1S/C14H15N3O2S/c1-9-7-10(2)16-14(11(9)8-15)20-6-5-17-12(18)3-4-13(17)19/h7H,3-6H2,1-2H3. The average Bonchev–Trinajstić information content (AvgIpc) is 2.70. The highest BCUT2D eigenvalue weighted by molar-refractivity contribution is 7.99. The minimum absolute atomic E-state index is 0.107. The molecular formula is C14H15N3O2S. The molecule has 0 saturated carbocycles. The van der Waals surface area contributed by atoms with Gasteiger partial charge in [0.1, 0.15) is 11.1 Å². The van der Waals surface area contributed by atoms with Gasteiger partial charge in [0, 0.05) is 30.8 Å². The van der Waals surface area contributed by atoms with Crippen LogP contribution in [0.1, 0.15) is 29.7 Å². The molecule has 0 N–H and O–H groups in total. The first kappa shape index (κ1) is 14.5. The third-order valence-corrected chi connectivity index (χ3v) is 4.09. The van der Waals surface area contributed by atoms with E-state index in [4.69, 9.17) is 5.26 Å². The van der Waals surface area contributed by atoms with Crippen LogP contribution < -0.4 is 0 Å². The van der Waals surface area contributed by atoms with Gasteiger partial charge in [0.2, 0.25) is 11.8 Å². The smallest absolute Gasteiger partial charge is 0.229 e. The number of aromatic nitrogens is 1. The molecule has 0 atom stereocenters. The van der Waals surface area contributed by atoms with E-state index in [0.717, 1.165) is 11.3 Å². The number of hydrogen-bond acceptors (Lipinski definition) is 5. The van der Waals surface area contributed by atoms with Crippen molar-refractivity contribution in [3.63, 3.8) is 0 Å². The van der Waals surface area contributed by atoms with Crippen molar-refractivity contribution in [2.24, 2.45) is 0 Å². The Kier molecular flexibility index (Phi) is 4.40. The number of pyridine rings is 1. The molecule has 1 aromatic heterocycles. The fourth-order valence-corrected chi connectivity index (χ4v) is 3.18. The number of carbonyl (C=O) groups is 2. The Morgan fingerprint density at radius 2 is 2.00 bits per heavy atom. The lowest BCUT2D eigenvalue weighted by Crippen LogP contribution is -2.31. The Labute approximate surface area is 122 Å². The number of amides is 2. The maximum atomic E-state index is 11.5. The Morgan fingerprint density at radius 1 is 1.35 bits per heavy atom. The average molecular weight is 289 g/mol. The molecule has 0 radical (unpaired) electrons. The van der Waals surface area contributed by atoms with Crippen LogP contribution in [0.5, 0.6) is 0 Å². The van der Waals surface area contributed by atoms with Crippen LogP contribution in [0.2, 0.25) is 0 Å². The fraction of sp³-hybridized carbons (Fsp3) is 0.429. The summed E-state index contributed by atoms with van der Waals surface area (Å²) in [6, 6.07) is 4.03. The first-order valence-electron chi connectivity index (χ1n) is 6.37. The maximum absolute atomic E-state index is 11.5. The van der Waals surface area contributed by atoms with Gasteiger partial charge in [0.25, 0.3) is 0 Å². The van der Waals surface area contributed by atoms with Gasteiger partial charge in [-0.2, -0.15) is 5.26 Å². The molecule has 0 bridgehead atoms. The molecule has 1 fully saturated rings. The molecule has 20 heavy (non-hydrogen) atoms. The first-order chi connectivity index (χ1) is 9.52. The molecule has 2 rings (SSSR count). The summed E-state index contributed by atoms with van der Waals surface area (Å²) in [6.45, 7) is 4.14. The molecule has 5 nitrogen and oxygen atoms in total. The molecule has 2 heterocycles. The van der Waals surface area contributed by atoms with Gasteiger partial charge in [0.05, 0.1) is 5.56 Å². The summed E-state index contributed by atoms with van der Waals surface area (Å²) >= 11 is 1.41. The lowest BCUT2D eigenvalue weighted by molar-refractivity contribution is -0.137. The lowest BCUT2D eigenvalue weighted by Gasteiger charge is -2.13. The Morgan fingerprint density at radius 3 is 2.60 bits per heavy atom. The molecular weight excluding hydrogens is 274 g/mol. The third-order valence-electron chi connectivity index (χ3n) is 3.13. The van der Waals surface area contributed by atoms with Crippen LogP contribution in [-0.2, 0) is 9.59 Å². The highest BCUT2D eigenvalue weighted by Crippen LogP contribution is 2.24. The maximum Gasteiger partial charge on any atom is 0.229 e. The molecule has 0 aromatic carbocycles. The van der Waals surface area contributed by atoms with Gasteiger partial charge in [-0.15, -0.1) is 11.8 Å². The molecule has 6 heteroatoms. The van der Waals surface area contributed by atoms with Crippen LogP contribution in [0.3, 0.4) is 0 Å². The van der Waals surface area contributed by atoms with Crippen molar-refractivity contribution < 1.29 is 9.59 Å². The van der Waals surface area contributed by atoms with Crippen molar-refractivity contribution in [1.29, 1.82) is 5.26 Å². The molecule has 0 spiro atoms. The highest BCUT2D eigenvalue weighted by Gasteiger charge is 2.28. The first-order valence-corrected chi connectivity index (χ1v) is 7.36. The molecule has 104 valence electrons. The SMILES string of the molecule is Cc1cc(C)c(C#N)c(SCCN2C(=O)CCC2=O)n1. The van der Waals surface area contributed by atoms with E-state index in [1.807, 2.05) is 19.9 Å². The largest absolute Gasteiger partial charge is 0.282 e. The van der Waals surface area contributed by atoms with E-state index in [1.54, 1.807) is 0 Å². The van der Waals surface area contributed by atoms with Gasteiger partial charge in [-0.3, -0.25) is 14.5 Å². The van der Waals surface area contributed by atoms with Crippen LogP contribution in [-0.4, -0.2) is 34.0 Å². The molecule has 0 unspecified atom stereocenters. The van der Waals surface area contributed by atoms with E-state index in [9.17, 15) is 9.59 Å². The zero-order valence-corrected chi connectivity index (χ0v) is 12.3.